The normalized spacial score (nSPS) is 16.6. The number of hydrogen-bond donors (Lipinski definition) is 1. The van der Waals surface area contributed by atoms with Gasteiger partial charge in [0.2, 0.25) is 0 Å². The Balaban J connectivity index is 1.85. The Morgan fingerprint density at radius 2 is 2.12 bits per heavy atom. The third kappa shape index (κ3) is 3.24. The minimum Gasteiger partial charge on any atom is -0.493 e. The lowest BCUT2D eigenvalue weighted by atomic mass is 10.1. The fourth-order valence-electron chi connectivity index (χ4n) is 2.34. The molecule has 1 N–H and O–H groups in total. The Morgan fingerprint density at radius 3 is 2.88 bits per heavy atom. The topological polar surface area (TPSA) is 21.3 Å². The van der Waals surface area contributed by atoms with Crippen LogP contribution in [0.3, 0.4) is 0 Å². The van der Waals surface area contributed by atoms with Gasteiger partial charge in [0.1, 0.15) is 5.75 Å². The monoisotopic (exact) mass is 219 g/mol. The predicted molar refractivity (Wildman–Crippen MR) is 66.7 cm³/mol. The third-order valence-corrected chi connectivity index (χ3v) is 3.24. The van der Waals surface area contributed by atoms with Crippen molar-refractivity contribution in [2.75, 3.05) is 13.7 Å². The summed E-state index contributed by atoms with van der Waals surface area (Å²) >= 11 is 0. The lowest BCUT2D eigenvalue weighted by Gasteiger charge is -2.12. The Morgan fingerprint density at radius 1 is 1.31 bits per heavy atom. The Labute approximate surface area is 98.0 Å². The second kappa shape index (κ2) is 5.90. The molecule has 2 heteroatoms. The van der Waals surface area contributed by atoms with E-state index in [4.69, 9.17) is 4.74 Å². The van der Waals surface area contributed by atoms with Crippen LogP contribution in [0.15, 0.2) is 24.3 Å². The molecule has 0 amide bonds. The van der Waals surface area contributed by atoms with E-state index in [2.05, 4.69) is 23.5 Å². The molecular formula is C14H21NO. The predicted octanol–water partition coefficient (Wildman–Crippen LogP) is 2.98. The van der Waals surface area contributed by atoms with Gasteiger partial charge in [-0.3, -0.25) is 0 Å². The Bertz CT molecular complexity index is 318. The maximum absolute atomic E-state index is 5.85. The standard InChI is InChI=1S/C14H21NO/c1-15-10-13-7-4-8-14(9-13)16-11-12-5-2-3-6-12/h4,7-9,12,15H,2-3,5-6,10-11H2,1H3. The van der Waals surface area contributed by atoms with Crippen LogP contribution in [0.2, 0.25) is 0 Å². The first kappa shape index (κ1) is 11.5. The van der Waals surface area contributed by atoms with Crippen LogP contribution in [0.1, 0.15) is 31.2 Å². The Hall–Kier alpha value is -1.02. The van der Waals surface area contributed by atoms with Crippen molar-refractivity contribution in [3.05, 3.63) is 29.8 Å². The van der Waals surface area contributed by atoms with Crippen LogP contribution >= 0.6 is 0 Å². The first-order valence-corrected chi connectivity index (χ1v) is 6.25. The van der Waals surface area contributed by atoms with Gasteiger partial charge in [0.05, 0.1) is 6.61 Å². The highest BCUT2D eigenvalue weighted by Gasteiger charge is 2.15. The molecule has 0 atom stereocenters. The van der Waals surface area contributed by atoms with E-state index in [9.17, 15) is 0 Å². The van der Waals surface area contributed by atoms with Crippen molar-refractivity contribution >= 4 is 0 Å². The van der Waals surface area contributed by atoms with Gasteiger partial charge >= 0.3 is 0 Å². The molecule has 0 bridgehead atoms. The molecule has 1 fully saturated rings. The van der Waals surface area contributed by atoms with Crippen molar-refractivity contribution in [3.8, 4) is 5.75 Å². The van der Waals surface area contributed by atoms with E-state index in [0.717, 1.165) is 24.8 Å². The lowest BCUT2D eigenvalue weighted by molar-refractivity contribution is 0.252. The largest absolute Gasteiger partial charge is 0.493 e. The molecular weight excluding hydrogens is 198 g/mol. The molecule has 2 nitrogen and oxygen atoms in total. The van der Waals surface area contributed by atoms with Gasteiger partial charge in [0.15, 0.2) is 0 Å². The fourth-order valence-corrected chi connectivity index (χ4v) is 2.34. The fraction of sp³-hybridized carbons (Fsp3) is 0.571. The summed E-state index contributed by atoms with van der Waals surface area (Å²) in [6.45, 7) is 1.80. The lowest BCUT2D eigenvalue weighted by Crippen LogP contribution is -2.09. The van der Waals surface area contributed by atoms with E-state index in [1.54, 1.807) is 0 Å². The first-order valence-electron chi connectivity index (χ1n) is 6.25. The van der Waals surface area contributed by atoms with E-state index in [-0.39, 0.29) is 0 Å². The molecule has 1 aromatic carbocycles. The molecule has 0 heterocycles. The summed E-state index contributed by atoms with van der Waals surface area (Å²) in [6, 6.07) is 8.37. The molecule has 0 spiro atoms. The maximum Gasteiger partial charge on any atom is 0.119 e. The highest BCUT2D eigenvalue weighted by Crippen LogP contribution is 2.25. The molecule has 16 heavy (non-hydrogen) atoms. The van der Waals surface area contributed by atoms with E-state index < -0.39 is 0 Å². The van der Waals surface area contributed by atoms with Gasteiger partial charge in [0, 0.05) is 6.54 Å². The van der Waals surface area contributed by atoms with Crippen molar-refractivity contribution in [3.63, 3.8) is 0 Å². The van der Waals surface area contributed by atoms with Crippen molar-refractivity contribution < 1.29 is 4.74 Å². The van der Waals surface area contributed by atoms with Crippen LogP contribution in [0.25, 0.3) is 0 Å². The van der Waals surface area contributed by atoms with E-state index >= 15 is 0 Å². The maximum atomic E-state index is 5.85. The average molecular weight is 219 g/mol. The summed E-state index contributed by atoms with van der Waals surface area (Å²) in [4.78, 5) is 0. The SMILES string of the molecule is CNCc1cccc(OCC2CCCC2)c1. The van der Waals surface area contributed by atoms with E-state index in [1.807, 2.05) is 13.1 Å². The minimum atomic E-state index is 0.785. The molecule has 1 aromatic rings. The summed E-state index contributed by atoms with van der Waals surface area (Å²) < 4.78 is 5.85. The van der Waals surface area contributed by atoms with Crippen LogP contribution in [0.4, 0.5) is 0 Å². The minimum absolute atomic E-state index is 0.785. The van der Waals surface area contributed by atoms with Crippen LogP contribution in [-0.4, -0.2) is 13.7 Å². The second-order valence-corrected chi connectivity index (χ2v) is 4.64. The van der Waals surface area contributed by atoms with Crippen LogP contribution in [-0.2, 0) is 6.54 Å². The molecule has 2 rings (SSSR count). The van der Waals surface area contributed by atoms with E-state index in [0.29, 0.717) is 0 Å². The molecule has 0 radical (unpaired) electrons. The second-order valence-electron chi connectivity index (χ2n) is 4.64. The molecule has 0 saturated heterocycles. The quantitative estimate of drug-likeness (QED) is 0.822. The third-order valence-electron chi connectivity index (χ3n) is 3.24. The van der Waals surface area contributed by atoms with Gasteiger partial charge in [-0.25, -0.2) is 0 Å². The molecule has 1 saturated carbocycles. The summed E-state index contributed by atoms with van der Waals surface area (Å²) in [5.74, 6) is 1.80. The zero-order valence-electron chi connectivity index (χ0n) is 10.0. The number of rotatable bonds is 5. The molecule has 1 aliphatic rings. The van der Waals surface area contributed by atoms with Gasteiger partial charge in [-0.05, 0) is 43.5 Å². The van der Waals surface area contributed by atoms with Gasteiger partial charge in [-0.2, -0.15) is 0 Å². The van der Waals surface area contributed by atoms with Crippen molar-refractivity contribution in [1.29, 1.82) is 0 Å². The highest BCUT2D eigenvalue weighted by molar-refractivity contribution is 5.28. The Kier molecular flexibility index (Phi) is 4.23. The van der Waals surface area contributed by atoms with Crippen molar-refractivity contribution in [2.45, 2.75) is 32.2 Å². The van der Waals surface area contributed by atoms with Crippen LogP contribution in [0, 0.1) is 5.92 Å². The molecule has 0 aromatic heterocycles. The van der Waals surface area contributed by atoms with Gasteiger partial charge in [0.25, 0.3) is 0 Å². The number of benzene rings is 1. The average Bonchev–Trinajstić information content (AvgIpc) is 2.80. The van der Waals surface area contributed by atoms with Gasteiger partial charge in [-0.15, -0.1) is 0 Å². The van der Waals surface area contributed by atoms with Crippen molar-refractivity contribution in [2.24, 2.45) is 5.92 Å². The summed E-state index contributed by atoms with van der Waals surface area (Å²) in [7, 11) is 1.96. The smallest absolute Gasteiger partial charge is 0.119 e. The molecule has 0 aliphatic heterocycles. The van der Waals surface area contributed by atoms with Gasteiger partial charge < -0.3 is 10.1 Å². The first-order chi connectivity index (χ1) is 7.88. The van der Waals surface area contributed by atoms with E-state index in [1.165, 1.54) is 31.2 Å². The van der Waals surface area contributed by atoms with Crippen LogP contribution in [0.5, 0.6) is 5.75 Å². The summed E-state index contributed by atoms with van der Waals surface area (Å²) in [5, 5.41) is 3.15. The number of ether oxygens (including phenoxy) is 1. The molecule has 1 aliphatic carbocycles. The zero-order chi connectivity index (χ0) is 11.2. The highest BCUT2D eigenvalue weighted by atomic mass is 16.5. The summed E-state index contributed by atoms with van der Waals surface area (Å²) in [5.41, 5.74) is 1.28. The van der Waals surface area contributed by atoms with Crippen LogP contribution < -0.4 is 10.1 Å². The molecule has 88 valence electrons. The van der Waals surface area contributed by atoms with Gasteiger partial charge in [-0.1, -0.05) is 25.0 Å². The number of hydrogen-bond acceptors (Lipinski definition) is 2. The summed E-state index contributed by atoms with van der Waals surface area (Å²) in [6.07, 6.45) is 5.45. The zero-order valence-corrected chi connectivity index (χ0v) is 10.0. The molecule has 0 unspecified atom stereocenters. The number of nitrogens with one attached hydrogen (secondary N) is 1. The van der Waals surface area contributed by atoms with Crippen molar-refractivity contribution in [1.82, 2.24) is 5.32 Å².